The number of carbonyl (C=O) groups is 2. The highest BCUT2D eigenvalue weighted by atomic mass is 32.2. The smallest absolute Gasteiger partial charge is 0.343 e. The number of benzene rings is 2. The first kappa shape index (κ1) is 18.5. The van der Waals surface area contributed by atoms with Crippen molar-refractivity contribution >= 4 is 33.3 Å². The van der Waals surface area contributed by atoms with Crippen LogP contribution < -0.4 is 13.9 Å². The van der Waals surface area contributed by atoms with Crippen LogP contribution in [0.25, 0.3) is 0 Å². The van der Waals surface area contributed by atoms with Gasteiger partial charge in [0.25, 0.3) is 0 Å². The minimum Gasteiger partial charge on any atom is -0.423 e. The molecule has 4 rings (SSSR count). The van der Waals surface area contributed by atoms with Gasteiger partial charge < -0.3 is 9.64 Å². The molecule has 2 heterocycles. The fourth-order valence-electron chi connectivity index (χ4n) is 3.50. The number of sulfonamides is 1. The second kappa shape index (κ2) is 7.27. The van der Waals surface area contributed by atoms with E-state index in [0.717, 1.165) is 12.1 Å². The van der Waals surface area contributed by atoms with Crippen LogP contribution in [0.2, 0.25) is 0 Å². The Morgan fingerprint density at radius 2 is 1.75 bits per heavy atom. The Bertz CT molecular complexity index is 1020. The Balaban J connectivity index is 1.48. The lowest BCUT2D eigenvalue weighted by Gasteiger charge is -2.17. The van der Waals surface area contributed by atoms with E-state index in [-0.39, 0.29) is 17.2 Å². The van der Waals surface area contributed by atoms with Crippen molar-refractivity contribution in [1.29, 1.82) is 0 Å². The molecule has 0 atom stereocenters. The lowest BCUT2D eigenvalue weighted by atomic mass is 10.2. The van der Waals surface area contributed by atoms with Crippen molar-refractivity contribution < 1.29 is 22.7 Å². The van der Waals surface area contributed by atoms with E-state index in [2.05, 4.69) is 0 Å². The molecular formula is C20H20N2O5S. The monoisotopic (exact) mass is 400 g/mol. The lowest BCUT2D eigenvalue weighted by Crippen LogP contribution is -2.25. The first-order valence-electron chi connectivity index (χ1n) is 9.17. The van der Waals surface area contributed by atoms with Gasteiger partial charge in [-0.25, -0.2) is 13.2 Å². The number of ether oxygens (including phenoxy) is 1. The molecule has 0 radical (unpaired) electrons. The van der Waals surface area contributed by atoms with Crippen LogP contribution in [0.3, 0.4) is 0 Å². The Hall–Kier alpha value is -2.87. The van der Waals surface area contributed by atoms with Crippen molar-refractivity contribution in [2.45, 2.75) is 19.3 Å². The van der Waals surface area contributed by atoms with Crippen molar-refractivity contribution in [3.8, 4) is 5.75 Å². The van der Waals surface area contributed by atoms with Crippen LogP contribution in [0.5, 0.6) is 5.75 Å². The third-order valence-corrected chi connectivity index (χ3v) is 6.77. The van der Waals surface area contributed by atoms with Crippen molar-refractivity contribution in [3.63, 3.8) is 0 Å². The zero-order valence-electron chi connectivity index (χ0n) is 15.2. The molecule has 2 aromatic carbocycles. The first-order chi connectivity index (χ1) is 13.4. The van der Waals surface area contributed by atoms with E-state index in [1.807, 2.05) is 0 Å². The minimum atomic E-state index is -3.31. The second-order valence-corrected chi connectivity index (χ2v) is 8.84. The number of hydrogen-bond acceptors (Lipinski definition) is 5. The summed E-state index contributed by atoms with van der Waals surface area (Å²) in [6.45, 7) is 1.11. The van der Waals surface area contributed by atoms with Crippen molar-refractivity contribution in [3.05, 3.63) is 54.1 Å². The Morgan fingerprint density at radius 3 is 2.39 bits per heavy atom. The quantitative estimate of drug-likeness (QED) is 0.582. The zero-order valence-corrected chi connectivity index (χ0v) is 16.0. The maximum Gasteiger partial charge on any atom is 0.343 e. The van der Waals surface area contributed by atoms with Gasteiger partial charge in [0, 0.05) is 25.2 Å². The van der Waals surface area contributed by atoms with Crippen LogP contribution >= 0.6 is 0 Å². The van der Waals surface area contributed by atoms with Gasteiger partial charge in [-0.15, -0.1) is 0 Å². The molecule has 1 amide bonds. The number of rotatable bonds is 4. The molecule has 2 saturated heterocycles. The van der Waals surface area contributed by atoms with Crippen LogP contribution in [0, 0.1) is 0 Å². The average molecular weight is 400 g/mol. The van der Waals surface area contributed by atoms with Gasteiger partial charge in [-0.3, -0.25) is 9.10 Å². The zero-order chi connectivity index (χ0) is 19.7. The van der Waals surface area contributed by atoms with Gasteiger partial charge >= 0.3 is 5.97 Å². The third-order valence-electron chi connectivity index (χ3n) is 4.90. The van der Waals surface area contributed by atoms with Gasteiger partial charge in [0.1, 0.15) is 5.75 Å². The summed E-state index contributed by atoms with van der Waals surface area (Å²) in [6.07, 6.45) is 1.97. The maximum atomic E-state index is 12.5. The van der Waals surface area contributed by atoms with E-state index in [1.54, 1.807) is 47.4 Å². The molecule has 0 spiro atoms. The number of esters is 1. The highest BCUT2D eigenvalue weighted by Gasteiger charge is 2.29. The van der Waals surface area contributed by atoms with E-state index in [9.17, 15) is 18.0 Å². The van der Waals surface area contributed by atoms with Crippen molar-refractivity contribution in [1.82, 2.24) is 0 Å². The second-order valence-electron chi connectivity index (χ2n) is 6.82. The predicted molar refractivity (Wildman–Crippen MR) is 105 cm³/mol. The summed E-state index contributed by atoms with van der Waals surface area (Å²) < 4.78 is 30.9. The Kier molecular flexibility index (Phi) is 4.80. The summed E-state index contributed by atoms with van der Waals surface area (Å²) in [6, 6.07) is 13.2. The summed E-state index contributed by atoms with van der Waals surface area (Å²) in [4.78, 5) is 26.0. The summed E-state index contributed by atoms with van der Waals surface area (Å²) >= 11 is 0. The Labute approximate surface area is 163 Å². The number of carbonyl (C=O) groups excluding carboxylic acids is 2. The molecule has 2 fully saturated rings. The topological polar surface area (TPSA) is 84.0 Å². The van der Waals surface area contributed by atoms with Gasteiger partial charge in [0.2, 0.25) is 15.9 Å². The molecule has 7 nitrogen and oxygen atoms in total. The number of hydrogen-bond donors (Lipinski definition) is 0. The normalized spacial score (nSPS) is 18.5. The van der Waals surface area contributed by atoms with Gasteiger partial charge in [-0.2, -0.15) is 0 Å². The number of amides is 1. The van der Waals surface area contributed by atoms with Crippen LogP contribution in [-0.4, -0.2) is 39.1 Å². The van der Waals surface area contributed by atoms with Gasteiger partial charge in [-0.05, 0) is 55.3 Å². The molecule has 0 bridgehead atoms. The SMILES string of the molecule is O=C(Oc1ccc(N2CCCC2=O)cc1)c1cccc(N2CCCS2(=O)=O)c1. The van der Waals surface area contributed by atoms with Gasteiger partial charge in [0.05, 0.1) is 17.0 Å². The molecule has 0 N–H and O–H groups in total. The first-order valence-corrected chi connectivity index (χ1v) is 10.8. The summed E-state index contributed by atoms with van der Waals surface area (Å²) in [5.74, 6) is 0.00884. The molecule has 2 aliphatic heterocycles. The van der Waals surface area contributed by atoms with Crippen LogP contribution in [-0.2, 0) is 14.8 Å². The van der Waals surface area contributed by atoms with E-state index in [1.165, 1.54) is 10.4 Å². The minimum absolute atomic E-state index is 0.0958. The lowest BCUT2D eigenvalue weighted by molar-refractivity contribution is -0.117. The Morgan fingerprint density at radius 1 is 0.964 bits per heavy atom. The summed E-state index contributed by atoms with van der Waals surface area (Å²) in [5.41, 5.74) is 1.52. The molecular weight excluding hydrogens is 380 g/mol. The number of nitrogens with zero attached hydrogens (tertiary/aromatic N) is 2. The van der Waals surface area contributed by atoms with E-state index < -0.39 is 16.0 Å². The summed E-state index contributed by atoms with van der Waals surface area (Å²) in [7, 11) is -3.31. The molecule has 0 saturated carbocycles. The molecule has 0 aliphatic carbocycles. The van der Waals surface area contributed by atoms with Crippen molar-refractivity contribution in [2.75, 3.05) is 28.0 Å². The fourth-order valence-corrected chi connectivity index (χ4v) is 5.06. The predicted octanol–water partition coefficient (Wildman–Crippen LogP) is 2.57. The average Bonchev–Trinajstić information content (AvgIpc) is 3.27. The standard InChI is InChI=1S/C20H20N2O5S/c23-19-6-2-11-21(19)16-7-9-18(10-8-16)27-20(24)15-4-1-5-17(14-15)22-12-3-13-28(22,25)26/h1,4-5,7-10,14H,2-3,6,11-13H2. The van der Waals surface area contributed by atoms with Gasteiger partial charge in [-0.1, -0.05) is 6.07 Å². The van der Waals surface area contributed by atoms with E-state index >= 15 is 0 Å². The molecule has 0 unspecified atom stereocenters. The van der Waals surface area contributed by atoms with Crippen LogP contribution in [0.4, 0.5) is 11.4 Å². The molecule has 0 aromatic heterocycles. The van der Waals surface area contributed by atoms with E-state index in [0.29, 0.717) is 37.4 Å². The molecule has 28 heavy (non-hydrogen) atoms. The maximum absolute atomic E-state index is 12.5. The molecule has 2 aromatic rings. The summed E-state index contributed by atoms with van der Waals surface area (Å²) in [5, 5.41) is 0. The fraction of sp³-hybridized carbons (Fsp3) is 0.300. The van der Waals surface area contributed by atoms with E-state index in [4.69, 9.17) is 4.74 Å². The van der Waals surface area contributed by atoms with Gasteiger partial charge in [0.15, 0.2) is 0 Å². The molecule has 2 aliphatic rings. The highest BCUT2D eigenvalue weighted by Crippen LogP contribution is 2.27. The third kappa shape index (κ3) is 3.60. The van der Waals surface area contributed by atoms with Crippen molar-refractivity contribution in [2.24, 2.45) is 0 Å². The highest BCUT2D eigenvalue weighted by molar-refractivity contribution is 7.93. The molecule has 146 valence electrons. The molecule has 8 heteroatoms. The number of anilines is 2. The van der Waals surface area contributed by atoms with Crippen LogP contribution in [0.1, 0.15) is 29.6 Å². The largest absolute Gasteiger partial charge is 0.423 e. The van der Waals surface area contributed by atoms with Crippen LogP contribution in [0.15, 0.2) is 48.5 Å².